The molecule has 0 fully saturated rings. The van der Waals surface area contributed by atoms with Gasteiger partial charge in [0.1, 0.15) is 0 Å². The molecule has 0 aliphatic carbocycles. The number of para-hydroxylation sites is 1. The largest absolute Gasteiger partial charge is 0.326 e. The molecule has 28 heavy (non-hydrogen) atoms. The van der Waals surface area contributed by atoms with Crippen molar-refractivity contribution in [2.75, 3.05) is 5.32 Å². The van der Waals surface area contributed by atoms with E-state index in [1.165, 1.54) is 0 Å². The van der Waals surface area contributed by atoms with Crippen LogP contribution in [0.3, 0.4) is 0 Å². The molecule has 1 amide bonds. The van der Waals surface area contributed by atoms with Crippen LogP contribution in [0.4, 0.5) is 5.69 Å². The van der Waals surface area contributed by atoms with Crippen LogP contribution < -0.4 is 10.0 Å². The molecular weight excluding hydrogens is 372 g/mol. The van der Waals surface area contributed by atoms with Crippen LogP contribution in [0.25, 0.3) is 0 Å². The highest BCUT2D eigenvalue weighted by molar-refractivity contribution is 7.89. The lowest BCUT2D eigenvalue weighted by Gasteiger charge is -2.19. The van der Waals surface area contributed by atoms with Crippen LogP contribution in [0, 0.1) is 6.92 Å². The summed E-state index contributed by atoms with van der Waals surface area (Å²) in [7, 11) is -3.77. The van der Waals surface area contributed by atoms with Crippen LogP contribution in [-0.4, -0.2) is 14.3 Å². The highest BCUT2D eigenvalue weighted by Crippen LogP contribution is 2.21. The van der Waals surface area contributed by atoms with E-state index in [4.69, 9.17) is 0 Å². The number of hydrogen-bond acceptors (Lipinski definition) is 3. The summed E-state index contributed by atoms with van der Waals surface area (Å²) in [6.07, 6.45) is -0.0238. The molecule has 2 N–H and O–H groups in total. The minimum atomic E-state index is -3.77. The number of carbonyl (C=O) groups is 1. The van der Waals surface area contributed by atoms with E-state index in [0.717, 1.165) is 11.1 Å². The quantitative estimate of drug-likeness (QED) is 0.635. The number of carbonyl (C=O) groups excluding carboxylic acids is 1. The third-order valence-electron chi connectivity index (χ3n) is 4.28. The van der Waals surface area contributed by atoms with Crippen molar-refractivity contribution in [3.8, 4) is 0 Å². The molecule has 3 rings (SSSR count). The van der Waals surface area contributed by atoms with E-state index in [2.05, 4.69) is 10.0 Å². The minimum absolute atomic E-state index is 0.0238. The molecule has 3 aromatic carbocycles. The molecule has 144 valence electrons. The van der Waals surface area contributed by atoms with E-state index in [1.54, 1.807) is 48.5 Å². The van der Waals surface area contributed by atoms with Crippen LogP contribution in [0.5, 0.6) is 0 Å². The summed E-state index contributed by atoms with van der Waals surface area (Å²) >= 11 is 0. The number of rotatable bonds is 7. The predicted molar refractivity (Wildman–Crippen MR) is 110 cm³/mol. The van der Waals surface area contributed by atoms with Crippen LogP contribution >= 0.6 is 0 Å². The monoisotopic (exact) mass is 394 g/mol. The molecule has 0 aliphatic heterocycles. The van der Waals surface area contributed by atoms with Gasteiger partial charge in [0, 0.05) is 12.1 Å². The Morgan fingerprint density at radius 1 is 0.857 bits per heavy atom. The Morgan fingerprint density at radius 3 is 2.04 bits per heavy atom. The number of sulfonamides is 1. The molecule has 6 heteroatoms. The van der Waals surface area contributed by atoms with E-state index >= 15 is 0 Å². The third kappa shape index (κ3) is 5.28. The Hall–Kier alpha value is -2.96. The number of nitrogens with one attached hydrogen (secondary N) is 2. The SMILES string of the molecule is Cc1ccc(S(=O)(=O)N[C@H](CC(=O)Nc2ccccc2)c2ccccc2)cc1. The van der Waals surface area contributed by atoms with E-state index in [9.17, 15) is 13.2 Å². The fourth-order valence-corrected chi connectivity index (χ4v) is 4.03. The lowest BCUT2D eigenvalue weighted by atomic mass is 10.0. The van der Waals surface area contributed by atoms with Crippen molar-refractivity contribution >= 4 is 21.6 Å². The van der Waals surface area contributed by atoms with Gasteiger partial charge in [0.15, 0.2) is 0 Å². The standard InChI is InChI=1S/C22H22N2O3S/c1-17-12-14-20(15-13-17)28(26,27)24-21(18-8-4-2-5-9-18)16-22(25)23-19-10-6-3-7-11-19/h2-15,21,24H,16H2,1H3,(H,23,25)/t21-/m1/s1. The molecule has 5 nitrogen and oxygen atoms in total. The smallest absolute Gasteiger partial charge is 0.241 e. The first kappa shape index (κ1) is 19.8. The molecular formula is C22H22N2O3S. The normalized spacial score (nSPS) is 12.3. The van der Waals surface area contributed by atoms with Gasteiger partial charge >= 0.3 is 0 Å². The van der Waals surface area contributed by atoms with E-state index in [-0.39, 0.29) is 17.2 Å². The van der Waals surface area contributed by atoms with Gasteiger partial charge in [-0.2, -0.15) is 0 Å². The summed E-state index contributed by atoms with van der Waals surface area (Å²) in [6, 6.07) is 24.1. The summed E-state index contributed by atoms with van der Waals surface area (Å²) in [4.78, 5) is 12.7. The summed E-state index contributed by atoms with van der Waals surface area (Å²) in [6.45, 7) is 1.89. The Labute approximate surface area is 165 Å². The molecule has 0 saturated heterocycles. The Kier molecular flexibility index (Phi) is 6.23. The molecule has 1 atom stereocenters. The van der Waals surface area contributed by atoms with Crippen molar-refractivity contribution in [1.29, 1.82) is 0 Å². The summed E-state index contributed by atoms with van der Waals surface area (Å²) < 4.78 is 28.3. The van der Waals surface area contributed by atoms with Gasteiger partial charge in [-0.05, 0) is 36.8 Å². The maximum absolute atomic E-state index is 12.8. The number of amides is 1. The zero-order chi connectivity index (χ0) is 20.0. The van der Waals surface area contributed by atoms with E-state index in [1.807, 2.05) is 43.3 Å². The second-order valence-corrected chi connectivity index (χ2v) is 8.23. The lowest BCUT2D eigenvalue weighted by Crippen LogP contribution is -2.31. The van der Waals surface area contributed by atoms with Crippen molar-refractivity contribution in [2.24, 2.45) is 0 Å². The van der Waals surface area contributed by atoms with Gasteiger partial charge in [-0.15, -0.1) is 0 Å². The van der Waals surface area contributed by atoms with Crippen molar-refractivity contribution in [3.63, 3.8) is 0 Å². The first-order valence-corrected chi connectivity index (χ1v) is 10.4. The lowest BCUT2D eigenvalue weighted by molar-refractivity contribution is -0.116. The summed E-state index contributed by atoms with van der Waals surface area (Å²) in [5.74, 6) is -0.272. The molecule has 0 bridgehead atoms. The Balaban J connectivity index is 1.81. The van der Waals surface area contributed by atoms with Crippen molar-refractivity contribution < 1.29 is 13.2 Å². The van der Waals surface area contributed by atoms with Gasteiger partial charge in [0.25, 0.3) is 0 Å². The molecule has 0 saturated carbocycles. The molecule has 0 aliphatic rings. The first-order chi connectivity index (χ1) is 13.4. The fourth-order valence-electron chi connectivity index (χ4n) is 2.80. The predicted octanol–water partition coefficient (Wildman–Crippen LogP) is 4.04. The van der Waals surface area contributed by atoms with Gasteiger partial charge in [0.2, 0.25) is 15.9 Å². The topological polar surface area (TPSA) is 75.3 Å². The first-order valence-electron chi connectivity index (χ1n) is 8.93. The highest BCUT2D eigenvalue weighted by atomic mass is 32.2. The highest BCUT2D eigenvalue weighted by Gasteiger charge is 2.23. The second-order valence-electron chi connectivity index (χ2n) is 6.52. The fraction of sp³-hybridized carbons (Fsp3) is 0.136. The van der Waals surface area contributed by atoms with Crippen molar-refractivity contribution in [2.45, 2.75) is 24.3 Å². The summed E-state index contributed by atoms with van der Waals surface area (Å²) in [5.41, 5.74) is 2.36. The van der Waals surface area contributed by atoms with Gasteiger partial charge in [0.05, 0.1) is 10.9 Å². The number of aryl methyl sites for hydroxylation is 1. The van der Waals surface area contributed by atoms with Crippen molar-refractivity contribution in [3.05, 3.63) is 96.1 Å². The van der Waals surface area contributed by atoms with Gasteiger partial charge in [-0.1, -0.05) is 66.2 Å². The van der Waals surface area contributed by atoms with Gasteiger partial charge < -0.3 is 5.32 Å². The van der Waals surface area contributed by atoms with E-state index in [0.29, 0.717) is 5.69 Å². The summed E-state index contributed by atoms with van der Waals surface area (Å²) in [5, 5.41) is 2.80. The molecule has 0 heterocycles. The zero-order valence-electron chi connectivity index (χ0n) is 15.5. The number of hydrogen-bond donors (Lipinski definition) is 2. The molecule has 3 aromatic rings. The number of anilines is 1. The molecule has 0 radical (unpaired) electrons. The van der Waals surface area contributed by atoms with E-state index < -0.39 is 16.1 Å². The number of benzene rings is 3. The second kappa shape index (κ2) is 8.82. The minimum Gasteiger partial charge on any atom is -0.326 e. The van der Waals surface area contributed by atoms with Gasteiger partial charge in [-0.25, -0.2) is 13.1 Å². The van der Waals surface area contributed by atoms with Crippen LogP contribution in [0.2, 0.25) is 0 Å². The maximum Gasteiger partial charge on any atom is 0.241 e. The Bertz CT molecular complexity index is 1020. The van der Waals surface area contributed by atoms with Gasteiger partial charge in [-0.3, -0.25) is 4.79 Å². The molecule has 0 spiro atoms. The van der Waals surface area contributed by atoms with Crippen LogP contribution in [-0.2, 0) is 14.8 Å². The molecule has 0 unspecified atom stereocenters. The average molecular weight is 394 g/mol. The zero-order valence-corrected chi connectivity index (χ0v) is 16.3. The van der Waals surface area contributed by atoms with Crippen LogP contribution in [0.15, 0.2) is 89.8 Å². The maximum atomic E-state index is 12.8. The average Bonchev–Trinajstić information content (AvgIpc) is 2.69. The Morgan fingerprint density at radius 2 is 1.43 bits per heavy atom. The van der Waals surface area contributed by atoms with Crippen molar-refractivity contribution in [1.82, 2.24) is 4.72 Å². The third-order valence-corrected chi connectivity index (χ3v) is 5.77. The van der Waals surface area contributed by atoms with Crippen LogP contribution in [0.1, 0.15) is 23.6 Å². The molecule has 0 aromatic heterocycles.